The Balaban J connectivity index is 1.44. The second-order valence-corrected chi connectivity index (χ2v) is 12.1. The number of pyridine rings is 1. The lowest BCUT2D eigenvalue weighted by Gasteiger charge is -2.47. The van der Waals surface area contributed by atoms with Crippen LogP contribution in [0.4, 0.5) is 8.78 Å². The van der Waals surface area contributed by atoms with Gasteiger partial charge in [-0.2, -0.15) is 0 Å². The molecule has 1 saturated carbocycles. The second kappa shape index (κ2) is 10.2. The van der Waals surface area contributed by atoms with Gasteiger partial charge in [0.05, 0.1) is 11.5 Å². The number of thioether (sulfide) groups is 1. The molecule has 8 heteroatoms. The third-order valence-electron chi connectivity index (χ3n) is 8.67. The zero-order valence-electron chi connectivity index (χ0n) is 22.3. The average molecular weight is 571 g/mol. The van der Waals surface area contributed by atoms with Crippen LogP contribution in [0.15, 0.2) is 88.7 Å². The highest BCUT2D eigenvalue weighted by molar-refractivity contribution is 7.98. The molecule has 2 aliphatic heterocycles. The van der Waals surface area contributed by atoms with Crippen LogP contribution in [0.5, 0.6) is 5.75 Å². The fourth-order valence-electron chi connectivity index (χ4n) is 6.65. The van der Waals surface area contributed by atoms with Gasteiger partial charge in [-0.1, -0.05) is 67.4 Å². The van der Waals surface area contributed by atoms with Crippen LogP contribution in [-0.4, -0.2) is 17.0 Å². The predicted octanol–water partition coefficient (Wildman–Crippen LogP) is 6.80. The molecule has 0 amide bonds. The van der Waals surface area contributed by atoms with Crippen LogP contribution >= 0.6 is 11.8 Å². The normalized spacial score (nSPS) is 18.9. The molecule has 1 aromatic heterocycles. The van der Waals surface area contributed by atoms with Crippen molar-refractivity contribution in [2.45, 2.75) is 49.0 Å². The van der Waals surface area contributed by atoms with Crippen molar-refractivity contribution in [3.05, 3.63) is 129 Å². The summed E-state index contributed by atoms with van der Waals surface area (Å²) in [4.78, 5) is 28.6. The Morgan fingerprint density at radius 2 is 1.66 bits per heavy atom. The first-order valence-corrected chi connectivity index (χ1v) is 14.9. The van der Waals surface area contributed by atoms with Crippen LogP contribution in [-0.2, 0) is 12.4 Å². The number of aromatic nitrogens is 1. The van der Waals surface area contributed by atoms with Crippen molar-refractivity contribution in [1.29, 1.82) is 0 Å². The van der Waals surface area contributed by atoms with Crippen molar-refractivity contribution in [1.82, 2.24) is 4.68 Å². The van der Waals surface area contributed by atoms with E-state index >= 15 is 4.39 Å². The maximum atomic E-state index is 15.3. The molecular weight excluding hydrogens is 542 g/mol. The number of ketones is 1. The number of Topliss-reactive ketones (excluding diaryl/α,β-unsaturated/α-hetero) is 1. The Morgan fingerprint density at radius 3 is 2.46 bits per heavy atom. The van der Waals surface area contributed by atoms with Gasteiger partial charge in [0.1, 0.15) is 6.61 Å². The maximum Gasteiger partial charge on any atom is 0.224 e. The third kappa shape index (κ3) is 4.27. The molecule has 0 bridgehead atoms. The Hall–Kier alpha value is -3.91. The molecule has 0 unspecified atom stereocenters. The van der Waals surface area contributed by atoms with Crippen molar-refractivity contribution in [2.24, 2.45) is 5.41 Å². The maximum absolute atomic E-state index is 15.3. The van der Waals surface area contributed by atoms with Crippen LogP contribution in [0, 0.1) is 17.0 Å². The van der Waals surface area contributed by atoms with Crippen molar-refractivity contribution >= 4 is 17.5 Å². The number of ether oxygens (including phenoxy) is 1. The largest absolute Gasteiger partial charge is 0.483 e. The minimum Gasteiger partial charge on any atom is -0.483 e. The van der Waals surface area contributed by atoms with Crippen molar-refractivity contribution in [3.63, 3.8) is 0 Å². The molecule has 7 rings (SSSR count). The molecule has 1 spiro atoms. The number of hydrogen-bond donors (Lipinski definition) is 0. The highest BCUT2D eigenvalue weighted by atomic mass is 32.2. The van der Waals surface area contributed by atoms with E-state index < -0.39 is 23.1 Å². The Bertz CT molecular complexity index is 1720. The molecule has 1 aliphatic carbocycles. The molecule has 3 heterocycles. The number of halogens is 2. The summed E-state index contributed by atoms with van der Waals surface area (Å²) < 4.78 is 37.7. The molecular formula is C33H28F2N2O3S. The number of hydrogen-bond acceptors (Lipinski definition) is 5. The highest BCUT2D eigenvalue weighted by Gasteiger charge is 2.51. The standard InChI is InChI=1S/C33H28F2N2O3S/c34-25-13-12-22-24(28(25)35)19-41-27-11-5-4-10-23(27)29(22)37-20-33(15-6-7-16-33)32(39)30-31(26(38)14-17-36(30)37)40-18-21-8-2-1-3-9-21/h1-5,8-14,17,29H,6-7,15-16,18-20H2/t29-/m1/s1. The van der Waals surface area contributed by atoms with Gasteiger partial charge >= 0.3 is 0 Å². The predicted molar refractivity (Wildman–Crippen MR) is 154 cm³/mol. The van der Waals surface area contributed by atoms with Gasteiger partial charge in [0.25, 0.3) is 0 Å². The summed E-state index contributed by atoms with van der Waals surface area (Å²) in [5.74, 6) is -1.50. The lowest BCUT2D eigenvalue weighted by atomic mass is 9.77. The van der Waals surface area contributed by atoms with E-state index in [-0.39, 0.29) is 35.0 Å². The van der Waals surface area contributed by atoms with Crippen LogP contribution in [0.2, 0.25) is 0 Å². The Kier molecular flexibility index (Phi) is 6.46. The quantitative estimate of drug-likeness (QED) is 0.270. The van der Waals surface area contributed by atoms with Gasteiger partial charge in [-0.3, -0.25) is 19.3 Å². The van der Waals surface area contributed by atoms with Crippen LogP contribution in [0.1, 0.15) is 64.5 Å². The molecule has 1 fully saturated rings. The van der Waals surface area contributed by atoms with Gasteiger partial charge in [-0.15, -0.1) is 11.8 Å². The van der Waals surface area contributed by atoms with E-state index in [4.69, 9.17) is 4.74 Å². The molecule has 0 N–H and O–H groups in total. The summed E-state index contributed by atoms with van der Waals surface area (Å²) in [6.07, 6.45) is 4.82. The highest BCUT2D eigenvalue weighted by Crippen LogP contribution is 2.49. The zero-order chi connectivity index (χ0) is 28.1. The Labute approximate surface area is 240 Å². The number of rotatable bonds is 4. The number of nitrogens with zero attached hydrogens (tertiary/aromatic N) is 2. The van der Waals surface area contributed by atoms with Crippen molar-refractivity contribution in [2.75, 3.05) is 11.6 Å². The number of benzene rings is 3. The second-order valence-electron chi connectivity index (χ2n) is 11.0. The van der Waals surface area contributed by atoms with E-state index in [1.807, 2.05) is 54.6 Å². The zero-order valence-corrected chi connectivity index (χ0v) is 23.1. The number of fused-ring (bicyclic) bond motifs is 3. The lowest BCUT2D eigenvalue weighted by Crippen LogP contribution is -2.55. The van der Waals surface area contributed by atoms with Crippen molar-refractivity contribution < 1.29 is 18.3 Å². The monoisotopic (exact) mass is 570 g/mol. The summed E-state index contributed by atoms with van der Waals surface area (Å²) in [7, 11) is 0. The van der Waals surface area contributed by atoms with E-state index in [9.17, 15) is 14.0 Å². The lowest BCUT2D eigenvalue weighted by molar-refractivity contribution is 0.0738. The van der Waals surface area contributed by atoms with Gasteiger partial charge < -0.3 is 4.74 Å². The molecule has 3 aliphatic rings. The van der Waals surface area contributed by atoms with E-state index in [0.29, 0.717) is 30.5 Å². The average Bonchev–Trinajstić information content (AvgIpc) is 3.40. The van der Waals surface area contributed by atoms with Gasteiger partial charge in [0.15, 0.2) is 28.9 Å². The summed E-state index contributed by atoms with van der Waals surface area (Å²) in [5.41, 5.74) is 1.96. The first kappa shape index (κ1) is 26.0. The third-order valence-corrected chi connectivity index (χ3v) is 9.79. The van der Waals surface area contributed by atoms with E-state index in [2.05, 4.69) is 5.01 Å². The first-order valence-electron chi connectivity index (χ1n) is 13.9. The molecule has 4 aromatic rings. The van der Waals surface area contributed by atoms with Crippen LogP contribution in [0.25, 0.3) is 0 Å². The van der Waals surface area contributed by atoms with Gasteiger partial charge in [-0.05, 0) is 41.7 Å². The van der Waals surface area contributed by atoms with Gasteiger partial charge in [0, 0.05) is 35.0 Å². The topological polar surface area (TPSA) is 51.5 Å². The van der Waals surface area contributed by atoms with Crippen LogP contribution in [0.3, 0.4) is 0 Å². The first-order chi connectivity index (χ1) is 20.0. The molecule has 208 valence electrons. The minimum atomic E-state index is -0.879. The fraction of sp³-hybridized carbons (Fsp3) is 0.273. The molecule has 3 aromatic carbocycles. The van der Waals surface area contributed by atoms with Gasteiger partial charge in [-0.25, -0.2) is 8.78 Å². The van der Waals surface area contributed by atoms with Crippen LogP contribution < -0.4 is 15.2 Å². The van der Waals surface area contributed by atoms with Gasteiger partial charge in [0.2, 0.25) is 5.43 Å². The van der Waals surface area contributed by atoms with Crippen molar-refractivity contribution in [3.8, 4) is 5.75 Å². The molecule has 5 nitrogen and oxygen atoms in total. The van der Waals surface area contributed by atoms with E-state index in [0.717, 1.165) is 28.9 Å². The molecule has 1 atom stereocenters. The van der Waals surface area contributed by atoms with E-state index in [1.54, 1.807) is 16.9 Å². The SMILES string of the molecule is O=C1c2c(OCc3ccccc3)c(=O)ccn2N([C@H]2c3ccccc3SCc3c2ccc(F)c3F)CC12CCCC2. The molecule has 41 heavy (non-hydrogen) atoms. The number of carbonyl (C=O) groups excluding carboxylic acids is 1. The summed E-state index contributed by atoms with van der Waals surface area (Å²) in [6.45, 7) is 0.533. The minimum absolute atomic E-state index is 0.0270. The Morgan fingerprint density at radius 1 is 0.902 bits per heavy atom. The summed E-state index contributed by atoms with van der Waals surface area (Å²) in [5, 5.41) is 2.07. The number of carbonyl (C=O) groups is 1. The summed E-state index contributed by atoms with van der Waals surface area (Å²) in [6, 6.07) is 21.1. The fourth-order valence-corrected chi connectivity index (χ4v) is 7.76. The molecule has 0 saturated heterocycles. The summed E-state index contributed by atoms with van der Waals surface area (Å²) >= 11 is 1.48. The van der Waals surface area contributed by atoms with E-state index in [1.165, 1.54) is 23.9 Å². The molecule has 0 radical (unpaired) electrons. The smallest absolute Gasteiger partial charge is 0.224 e.